The Kier molecular flexibility index (Phi) is 7.15. The van der Waals surface area contributed by atoms with Gasteiger partial charge in [-0.1, -0.05) is 30.3 Å². The highest BCUT2D eigenvalue weighted by molar-refractivity contribution is 5.88. The van der Waals surface area contributed by atoms with Crippen LogP contribution < -0.4 is 0 Å². The van der Waals surface area contributed by atoms with Gasteiger partial charge in [-0.25, -0.2) is 4.39 Å². The van der Waals surface area contributed by atoms with Crippen LogP contribution >= 0.6 is 0 Å². The van der Waals surface area contributed by atoms with Crippen LogP contribution in [0.25, 0.3) is 10.9 Å². The van der Waals surface area contributed by atoms with Crippen molar-refractivity contribution in [3.63, 3.8) is 0 Å². The molecule has 1 saturated heterocycles. The smallest absolute Gasteiger partial charge is 0.226 e. The maximum Gasteiger partial charge on any atom is 0.226 e. The summed E-state index contributed by atoms with van der Waals surface area (Å²) in [7, 11) is 6.25. The fourth-order valence-electron chi connectivity index (χ4n) is 5.15. The van der Waals surface area contributed by atoms with E-state index in [0.29, 0.717) is 6.42 Å². The van der Waals surface area contributed by atoms with E-state index in [-0.39, 0.29) is 17.3 Å². The number of rotatable bonds is 8. The lowest BCUT2D eigenvalue weighted by Gasteiger charge is -2.46. The van der Waals surface area contributed by atoms with Gasteiger partial charge in [0.25, 0.3) is 0 Å². The average Bonchev–Trinajstić information content (AvgIpc) is 3.21. The van der Waals surface area contributed by atoms with E-state index >= 15 is 0 Å². The lowest BCUT2D eigenvalue weighted by molar-refractivity contribution is -0.129. The molecule has 1 aliphatic heterocycles. The predicted molar refractivity (Wildman–Crippen MR) is 132 cm³/mol. The minimum Gasteiger partial charge on any atom is -0.361 e. The predicted octanol–water partition coefficient (Wildman–Crippen LogP) is 4.25. The highest BCUT2D eigenvalue weighted by atomic mass is 19.1. The number of benzene rings is 2. The van der Waals surface area contributed by atoms with E-state index in [4.69, 9.17) is 0 Å². The van der Waals surface area contributed by atoms with Crippen molar-refractivity contribution in [3.05, 3.63) is 71.7 Å². The van der Waals surface area contributed by atoms with Crippen molar-refractivity contribution >= 4 is 16.8 Å². The highest BCUT2D eigenvalue weighted by Crippen LogP contribution is 2.37. The minimum atomic E-state index is -0.274. The number of carbonyl (C=O) groups excluding carboxylic acids is 1. The van der Waals surface area contributed by atoms with Gasteiger partial charge in [0.05, 0.1) is 6.42 Å². The Bertz CT molecular complexity index is 1070. The molecule has 0 saturated carbocycles. The first-order chi connectivity index (χ1) is 15.9. The summed E-state index contributed by atoms with van der Waals surface area (Å²) in [5.41, 5.74) is 3.15. The van der Waals surface area contributed by atoms with Gasteiger partial charge in [0, 0.05) is 49.3 Å². The number of aromatic amines is 1. The number of amides is 1. The maximum absolute atomic E-state index is 13.4. The van der Waals surface area contributed by atoms with Gasteiger partial charge in [0.2, 0.25) is 5.91 Å². The molecule has 1 N–H and O–H groups in total. The summed E-state index contributed by atoms with van der Waals surface area (Å²) in [6.45, 7) is 3.87. The summed E-state index contributed by atoms with van der Waals surface area (Å²) in [4.78, 5) is 22.5. The van der Waals surface area contributed by atoms with E-state index in [1.807, 2.05) is 18.1 Å². The molecule has 0 unspecified atom stereocenters. The Labute approximate surface area is 196 Å². The molecule has 0 aliphatic carbocycles. The van der Waals surface area contributed by atoms with Gasteiger partial charge in [0.1, 0.15) is 5.82 Å². The molecule has 3 aromatic rings. The molecule has 0 radical (unpaired) electrons. The third-order valence-electron chi connectivity index (χ3n) is 7.32. The van der Waals surface area contributed by atoms with Gasteiger partial charge >= 0.3 is 0 Å². The first-order valence-electron chi connectivity index (χ1n) is 11.8. The normalized spacial score (nSPS) is 16.4. The molecule has 176 valence electrons. The van der Waals surface area contributed by atoms with Crippen LogP contribution in [0, 0.1) is 5.82 Å². The number of likely N-dealkylation sites (N-methyl/N-ethyl adjacent to an activating group) is 1. The zero-order valence-corrected chi connectivity index (χ0v) is 20.0. The number of hydrogen-bond donors (Lipinski definition) is 1. The highest BCUT2D eigenvalue weighted by Gasteiger charge is 2.37. The van der Waals surface area contributed by atoms with Crippen molar-refractivity contribution in [2.75, 3.05) is 47.3 Å². The SMILES string of the molecule is CN(CCCN1CCC(c2ccccc2)(N(C)C)CC1)C(=O)Cc1c[nH]c2cc(F)ccc12. The summed E-state index contributed by atoms with van der Waals surface area (Å²) in [5.74, 6) is -0.182. The van der Waals surface area contributed by atoms with Crippen LogP contribution in [0.1, 0.15) is 30.4 Å². The molecule has 1 aliphatic rings. The van der Waals surface area contributed by atoms with E-state index in [1.165, 1.54) is 17.7 Å². The Morgan fingerprint density at radius 3 is 2.52 bits per heavy atom. The molecule has 6 heteroatoms. The molecule has 1 fully saturated rings. The number of nitrogens with one attached hydrogen (secondary N) is 1. The number of nitrogens with zero attached hydrogens (tertiary/aromatic N) is 3. The summed E-state index contributed by atoms with van der Waals surface area (Å²) in [6.07, 6.45) is 5.32. The second-order valence-corrected chi connectivity index (χ2v) is 9.48. The van der Waals surface area contributed by atoms with Gasteiger partial charge in [-0.15, -0.1) is 0 Å². The molecule has 0 bridgehead atoms. The molecule has 0 spiro atoms. The van der Waals surface area contributed by atoms with Crippen molar-refractivity contribution < 1.29 is 9.18 Å². The molecule has 0 atom stereocenters. The number of likely N-dealkylation sites (tertiary alicyclic amines) is 1. The molecule has 2 aromatic carbocycles. The summed E-state index contributed by atoms with van der Waals surface area (Å²) in [5, 5.41) is 0.911. The quantitative estimate of drug-likeness (QED) is 0.558. The molecular weight excluding hydrogens is 415 g/mol. The standard InChI is InChI=1S/C27H35FN4O/c1-30(2)27(22-8-5-4-6-9-22)12-16-32(17-13-27)15-7-14-31(3)26(33)18-21-20-29-25-19-23(28)10-11-24(21)25/h4-6,8-11,19-20,29H,7,12-18H2,1-3H3. The topological polar surface area (TPSA) is 42.6 Å². The van der Waals surface area contributed by atoms with Crippen molar-refractivity contribution in [2.24, 2.45) is 0 Å². The zero-order valence-electron chi connectivity index (χ0n) is 20.0. The Hall–Kier alpha value is -2.70. The molecule has 1 aromatic heterocycles. The van der Waals surface area contributed by atoms with Crippen molar-refractivity contribution in [1.82, 2.24) is 19.7 Å². The van der Waals surface area contributed by atoms with E-state index in [0.717, 1.165) is 61.9 Å². The van der Waals surface area contributed by atoms with Gasteiger partial charge in [-0.2, -0.15) is 0 Å². The first kappa shape index (κ1) is 23.5. The average molecular weight is 451 g/mol. The van der Waals surface area contributed by atoms with E-state index in [2.05, 4.69) is 59.2 Å². The van der Waals surface area contributed by atoms with Crippen LogP contribution in [0.2, 0.25) is 0 Å². The molecule has 2 heterocycles. The van der Waals surface area contributed by atoms with Crippen molar-refractivity contribution in [1.29, 1.82) is 0 Å². The van der Waals surface area contributed by atoms with Crippen LogP contribution in [0.5, 0.6) is 0 Å². The molecule has 33 heavy (non-hydrogen) atoms. The summed E-state index contributed by atoms with van der Waals surface area (Å²) < 4.78 is 13.4. The Morgan fingerprint density at radius 2 is 1.82 bits per heavy atom. The molecular formula is C27H35FN4O. The number of hydrogen-bond acceptors (Lipinski definition) is 3. The van der Waals surface area contributed by atoms with Crippen molar-refractivity contribution in [2.45, 2.75) is 31.2 Å². The Morgan fingerprint density at radius 1 is 1.09 bits per heavy atom. The van der Waals surface area contributed by atoms with Crippen LogP contribution in [-0.4, -0.2) is 72.9 Å². The third kappa shape index (κ3) is 5.12. The van der Waals surface area contributed by atoms with Gasteiger partial charge < -0.3 is 14.8 Å². The largest absolute Gasteiger partial charge is 0.361 e. The number of carbonyl (C=O) groups is 1. The van der Waals surface area contributed by atoms with E-state index in [9.17, 15) is 9.18 Å². The van der Waals surface area contributed by atoms with Crippen molar-refractivity contribution in [3.8, 4) is 0 Å². The minimum absolute atomic E-state index is 0.0922. The lowest BCUT2D eigenvalue weighted by atomic mass is 9.80. The maximum atomic E-state index is 13.4. The van der Waals surface area contributed by atoms with Crippen LogP contribution in [0.3, 0.4) is 0 Å². The fourth-order valence-corrected chi connectivity index (χ4v) is 5.15. The second kappa shape index (κ2) is 10.1. The number of aromatic nitrogens is 1. The fraction of sp³-hybridized carbons (Fsp3) is 0.444. The second-order valence-electron chi connectivity index (χ2n) is 9.48. The van der Waals surface area contributed by atoms with Crippen LogP contribution in [-0.2, 0) is 16.8 Å². The van der Waals surface area contributed by atoms with Gasteiger partial charge in [0.15, 0.2) is 0 Å². The monoisotopic (exact) mass is 450 g/mol. The van der Waals surface area contributed by atoms with Crippen LogP contribution in [0.15, 0.2) is 54.7 Å². The number of H-pyrrole nitrogens is 1. The molecule has 1 amide bonds. The van der Waals surface area contributed by atoms with E-state index < -0.39 is 0 Å². The zero-order chi connectivity index (χ0) is 23.4. The van der Waals surface area contributed by atoms with Crippen LogP contribution in [0.4, 0.5) is 4.39 Å². The molecule has 5 nitrogen and oxygen atoms in total. The number of piperidine rings is 1. The number of halogens is 1. The van der Waals surface area contributed by atoms with E-state index in [1.54, 1.807) is 6.07 Å². The lowest BCUT2D eigenvalue weighted by Crippen LogP contribution is -2.50. The summed E-state index contributed by atoms with van der Waals surface area (Å²) in [6, 6.07) is 15.5. The summed E-state index contributed by atoms with van der Waals surface area (Å²) >= 11 is 0. The molecule has 4 rings (SSSR count). The first-order valence-corrected chi connectivity index (χ1v) is 11.8. The Balaban J connectivity index is 1.25. The third-order valence-corrected chi connectivity index (χ3v) is 7.32. The van der Waals surface area contributed by atoms with Gasteiger partial charge in [-0.3, -0.25) is 9.69 Å². The number of fused-ring (bicyclic) bond motifs is 1. The van der Waals surface area contributed by atoms with Gasteiger partial charge in [-0.05, 0) is 69.2 Å².